The number of H-pyrrole nitrogens is 2. The van der Waals surface area contributed by atoms with Crippen molar-refractivity contribution in [1.82, 2.24) is 34.4 Å². The number of thiophene rings is 1. The fourth-order valence-corrected chi connectivity index (χ4v) is 5.57. The maximum absolute atomic E-state index is 11.7. The van der Waals surface area contributed by atoms with Gasteiger partial charge in [-0.05, 0) is 39.0 Å². The molecule has 6 rings (SSSR count). The molecule has 4 aromatic heterocycles. The molecule has 1 aliphatic heterocycles. The van der Waals surface area contributed by atoms with E-state index in [1.165, 1.54) is 17.7 Å². The van der Waals surface area contributed by atoms with E-state index < -0.39 is 0 Å². The Morgan fingerprint density at radius 1 is 1.23 bits per heavy atom. The average Bonchev–Trinajstić information content (AvgIpc) is 3.23. The summed E-state index contributed by atoms with van der Waals surface area (Å²) >= 11 is 1.80. The van der Waals surface area contributed by atoms with Gasteiger partial charge in [0, 0.05) is 65.7 Å². The zero-order valence-corrected chi connectivity index (χ0v) is 20.9. The summed E-state index contributed by atoms with van der Waals surface area (Å²) in [5, 5.41) is 11.6. The Kier molecular flexibility index (Phi) is 5.58. The first kappa shape index (κ1) is 22.3. The Bertz CT molecular complexity index is 1530. The number of fused-ring (bicyclic) bond motifs is 1. The Morgan fingerprint density at radius 2 is 2.03 bits per heavy atom. The third kappa shape index (κ3) is 4.44. The SMILES string of the molecule is C=c1[nH]c(=O)[nH]/c1=C\c1cnn2c(NC3CC3)cc(-c3csc(C(C)N4CCN(C)CC4)c3)nc12. The van der Waals surface area contributed by atoms with Crippen molar-refractivity contribution in [2.75, 3.05) is 38.5 Å². The number of hydrogen-bond acceptors (Lipinski definition) is 7. The number of nitrogens with one attached hydrogen (secondary N) is 3. The van der Waals surface area contributed by atoms with Crippen LogP contribution in [0.25, 0.3) is 29.6 Å². The van der Waals surface area contributed by atoms with Gasteiger partial charge in [0.1, 0.15) is 5.82 Å². The summed E-state index contributed by atoms with van der Waals surface area (Å²) in [7, 11) is 2.19. The van der Waals surface area contributed by atoms with Gasteiger partial charge in [0.2, 0.25) is 0 Å². The van der Waals surface area contributed by atoms with Gasteiger partial charge in [0.25, 0.3) is 0 Å². The molecule has 1 unspecified atom stereocenters. The van der Waals surface area contributed by atoms with Crippen molar-refractivity contribution >= 4 is 35.5 Å². The van der Waals surface area contributed by atoms with E-state index in [2.05, 4.69) is 68.2 Å². The molecular formula is C25H30N8OS. The van der Waals surface area contributed by atoms with Crippen LogP contribution in [0.1, 0.15) is 36.2 Å². The lowest BCUT2D eigenvalue weighted by Gasteiger charge is -2.36. The van der Waals surface area contributed by atoms with Crippen LogP contribution in [0.2, 0.25) is 0 Å². The van der Waals surface area contributed by atoms with Crippen molar-refractivity contribution in [2.24, 2.45) is 0 Å². The van der Waals surface area contributed by atoms with E-state index in [-0.39, 0.29) is 5.69 Å². The van der Waals surface area contributed by atoms with Crippen LogP contribution in [-0.2, 0) is 0 Å². The van der Waals surface area contributed by atoms with E-state index in [0.717, 1.165) is 54.5 Å². The van der Waals surface area contributed by atoms with Gasteiger partial charge < -0.3 is 20.2 Å². The van der Waals surface area contributed by atoms with E-state index in [1.807, 2.05) is 10.6 Å². The highest BCUT2D eigenvalue weighted by Crippen LogP contribution is 2.34. The average molecular weight is 491 g/mol. The topological polar surface area (TPSA) is 97.3 Å². The third-order valence-corrected chi connectivity index (χ3v) is 8.08. The number of rotatable bonds is 6. The molecule has 1 saturated heterocycles. The molecule has 3 N–H and O–H groups in total. The highest BCUT2D eigenvalue weighted by molar-refractivity contribution is 7.10. The van der Waals surface area contributed by atoms with Crippen LogP contribution in [0.4, 0.5) is 5.82 Å². The summed E-state index contributed by atoms with van der Waals surface area (Å²) in [6.07, 6.45) is 5.98. The molecule has 1 atom stereocenters. The van der Waals surface area contributed by atoms with Crippen LogP contribution in [-0.4, -0.2) is 73.6 Å². The maximum Gasteiger partial charge on any atom is 0.323 e. The molecule has 0 radical (unpaired) electrons. The fraction of sp³-hybridized carbons (Fsp3) is 0.400. The zero-order chi connectivity index (χ0) is 24.1. The van der Waals surface area contributed by atoms with Crippen LogP contribution in [0.5, 0.6) is 0 Å². The first-order chi connectivity index (χ1) is 16.9. The minimum atomic E-state index is -0.275. The molecule has 0 aromatic carbocycles. The summed E-state index contributed by atoms with van der Waals surface area (Å²) in [5.74, 6) is 0.935. The Morgan fingerprint density at radius 3 is 2.74 bits per heavy atom. The van der Waals surface area contributed by atoms with Crippen LogP contribution in [0.15, 0.2) is 28.5 Å². The third-order valence-electron chi connectivity index (χ3n) is 6.98. The first-order valence-corrected chi connectivity index (χ1v) is 13.0. The number of imidazole rings is 1. The second-order valence-electron chi connectivity index (χ2n) is 9.65. The Balaban J connectivity index is 1.39. The Hall–Kier alpha value is -3.21. The van der Waals surface area contributed by atoms with Gasteiger partial charge in [0.05, 0.1) is 22.6 Å². The molecule has 9 nitrogen and oxygen atoms in total. The molecule has 4 aromatic rings. The predicted octanol–water partition coefficient (Wildman–Crippen LogP) is 1.60. The van der Waals surface area contributed by atoms with Crippen LogP contribution >= 0.6 is 11.3 Å². The molecule has 35 heavy (non-hydrogen) atoms. The van der Waals surface area contributed by atoms with Gasteiger partial charge in [-0.25, -0.2) is 9.78 Å². The van der Waals surface area contributed by atoms with Gasteiger partial charge >= 0.3 is 5.69 Å². The van der Waals surface area contributed by atoms with E-state index in [9.17, 15) is 4.79 Å². The van der Waals surface area contributed by atoms with Crippen molar-refractivity contribution < 1.29 is 0 Å². The van der Waals surface area contributed by atoms with Crippen molar-refractivity contribution in [3.05, 3.63) is 55.3 Å². The second-order valence-corrected chi connectivity index (χ2v) is 10.6. The van der Waals surface area contributed by atoms with Crippen LogP contribution < -0.4 is 21.7 Å². The lowest BCUT2D eigenvalue weighted by Crippen LogP contribution is -2.45. The number of piperazine rings is 1. The summed E-state index contributed by atoms with van der Waals surface area (Å²) < 4.78 is 1.85. The number of hydrogen-bond donors (Lipinski definition) is 3. The molecule has 2 fully saturated rings. The first-order valence-electron chi connectivity index (χ1n) is 12.1. The van der Waals surface area contributed by atoms with Crippen molar-refractivity contribution in [1.29, 1.82) is 0 Å². The monoisotopic (exact) mass is 490 g/mol. The number of anilines is 1. The van der Waals surface area contributed by atoms with E-state index in [0.29, 0.717) is 22.8 Å². The molecule has 182 valence electrons. The van der Waals surface area contributed by atoms with Crippen molar-refractivity contribution in [3.63, 3.8) is 0 Å². The second kappa shape index (κ2) is 8.78. The molecular weight excluding hydrogens is 460 g/mol. The largest absolute Gasteiger partial charge is 0.367 e. The highest BCUT2D eigenvalue weighted by atomic mass is 32.1. The van der Waals surface area contributed by atoms with E-state index in [4.69, 9.17) is 4.98 Å². The summed E-state index contributed by atoms with van der Waals surface area (Å²) in [6.45, 7) is 10.6. The summed E-state index contributed by atoms with van der Waals surface area (Å²) in [4.78, 5) is 28.5. The highest BCUT2D eigenvalue weighted by Gasteiger charge is 2.24. The quantitative estimate of drug-likeness (QED) is 0.380. The summed E-state index contributed by atoms with van der Waals surface area (Å²) in [5.41, 5.74) is 3.33. The lowest BCUT2D eigenvalue weighted by atomic mass is 10.1. The fourth-order valence-electron chi connectivity index (χ4n) is 4.58. The molecule has 1 saturated carbocycles. The molecule has 10 heteroatoms. The van der Waals surface area contributed by atoms with Crippen LogP contribution in [0, 0.1) is 0 Å². The number of nitrogens with zero attached hydrogens (tertiary/aromatic N) is 5. The lowest BCUT2D eigenvalue weighted by molar-refractivity contribution is 0.120. The van der Waals surface area contributed by atoms with Gasteiger partial charge in [-0.1, -0.05) is 6.58 Å². The van der Waals surface area contributed by atoms with E-state index in [1.54, 1.807) is 17.5 Å². The molecule has 0 bridgehead atoms. The van der Waals surface area contributed by atoms with Crippen molar-refractivity contribution in [3.8, 4) is 11.3 Å². The maximum atomic E-state index is 11.7. The minimum absolute atomic E-state index is 0.275. The van der Waals surface area contributed by atoms with Crippen molar-refractivity contribution in [2.45, 2.75) is 31.8 Å². The molecule has 1 aliphatic carbocycles. The summed E-state index contributed by atoms with van der Waals surface area (Å²) in [6, 6.07) is 5.24. The standard InChI is InChI=1S/C25H30N8OS/c1-15-20(30-25(34)27-15)10-17-13-26-33-23(28-19-4-5-19)12-21(29-24(17)33)18-11-22(35-14-18)16(2)32-8-6-31(3)7-9-32/h10-14,16,19,28H,1,4-9H2,2-3H3,(H2,27,30,34)/b20-10-. The van der Waals surface area contributed by atoms with Gasteiger partial charge in [0.15, 0.2) is 5.65 Å². The molecule has 2 aliphatic rings. The zero-order valence-electron chi connectivity index (χ0n) is 20.0. The predicted molar refractivity (Wildman–Crippen MR) is 140 cm³/mol. The normalized spacial score (nSPS) is 19.0. The number of aromatic nitrogens is 5. The van der Waals surface area contributed by atoms with Gasteiger partial charge in [-0.2, -0.15) is 9.61 Å². The van der Waals surface area contributed by atoms with Gasteiger partial charge in [-0.15, -0.1) is 11.3 Å². The number of likely N-dealkylation sites (N-methyl/N-ethyl adjacent to an activating group) is 1. The molecule has 0 spiro atoms. The minimum Gasteiger partial charge on any atom is -0.367 e. The molecule has 5 heterocycles. The Labute approximate surface area is 206 Å². The van der Waals surface area contributed by atoms with Gasteiger partial charge in [-0.3, -0.25) is 4.90 Å². The van der Waals surface area contributed by atoms with E-state index >= 15 is 0 Å². The van der Waals surface area contributed by atoms with Crippen LogP contribution in [0.3, 0.4) is 0 Å². The number of aromatic amines is 2. The smallest absolute Gasteiger partial charge is 0.323 e. The molecule has 0 amide bonds.